The van der Waals surface area contributed by atoms with Gasteiger partial charge in [0.15, 0.2) is 0 Å². The maximum Gasteiger partial charge on any atom is 0.0970 e. The van der Waals surface area contributed by atoms with Crippen LogP contribution in [0.1, 0.15) is 0 Å². The SMILES string of the molecule is F[P-](F)(F)(F)(F)F.Fc1[c-]c(-c2ccccn2)cc(F)c1.[Ir].c1ccc(-c2ccnc3c2ccc2c(-c4ccccc4)ccnc23)cc1. The first-order valence-corrected chi connectivity index (χ1v) is 15.8. The van der Waals surface area contributed by atoms with Crippen LogP contribution in [0.5, 0.6) is 0 Å². The van der Waals surface area contributed by atoms with Crippen LogP contribution in [0.4, 0.5) is 34.0 Å². The summed E-state index contributed by atoms with van der Waals surface area (Å²) in [6.45, 7) is 0. The van der Waals surface area contributed by atoms with Crippen molar-refractivity contribution in [2.75, 3.05) is 0 Å². The zero-order chi connectivity index (χ0) is 33.7. The molecule has 4 aromatic carbocycles. The average Bonchev–Trinajstić information content (AvgIpc) is 3.04. The van der Waals surface area contributed by atoms with E-state index >= 15 is 0 Å². The van der Waals surface area contributed by atoms with E-state index in [1.165, 1.54) is 28.3 Å². The molecule has 0 N–H and O–H groups in total. The molecule has 0 aliphatic rings. The molecule has 3 aromatic heterocycles. The Kier molecular flexibility index (Phi) is 10.4. The van der Waals surface area contributed by atoms with Crippen molar-refractivity contribution >= 4 is 29.6 Å². The van der Waals surface area contributed by atoms with Gasteiger partial charge >= 0.3 is 33.0 Å². The first-order chi connectivity index (χ1) is 22.1. The molecule has 249 valence electrons. The summed E-state index contributed by atoms with van der Waals surface area (Å²) >= 11 is 0. The summed E-state index contributed by atoms with van der Waals surface area (Å²) in [7, 11) is -10.7. The van der Waals surface area contributed by atoms with Gasteiger partial charge in [0.25, 0.3) is 0 Å². The molecular formula is C35H22F8IrN3P-2. The Morgan fingerprint density at radius 2 is 0.958 bits per heavy atom. The normalized spacial score (nSPS) is 12.3. The van der Waals surface area contributed by atoms with Crippen molar-refractivity contribution < 1.29 is 54.1 Å². The zero-order valence-electron chi connectivity index (χ0n) is 24.3. The fraction of sp³-hybridized carbons (Fsp3) is 0. The van der Waals surface area contributed by atoms with E-state index in [9.17, 15) is 34.0 Å². The number of halogens is 8. The minimum Gasteiger partial charge on any atom is -0.305 e. The van der Waals surface area contributed by atoms with Crippen LogP contribution < -0.4 is 0 Å². The Balaban J connectivity index is 0.000000199. The molecule has 0 unspecified atom stereocenters. The van der Waals surface area contributed by atoms with E-state index < -0.39 is 19.4 Å². The van der Waals surface area contributed by atoms with Crippen molar-refractivity contribution in [1.82, 2.24) is 15.0 Å². The zero-order valence-corrected chi connectivity index (χ0v) is 27.6. The Hall–Kier alpha value is -4.63. The second-order valence-electron chi connectivity index (χ2n) is 10.0. The first kappa shape index (κ1) is 36.2. The molecule has 0 saturated heterocycles. The van der Waals surface area contributed by atoms with Gasteiger partial charge in [0.2, 0.25) is 0 Å². The molecule has 0 amide bonds. The van der Waals surface area contributed by atoms with Crippen LogP contribution in [-0.2, 0) is 20.1 Å². The van der Waals surface area contributed by atoms with Crippen molar-refractivity contribution in [2.45, 2.75) is 0 Å². The van der Waals surface area contributed by atoms with Gasteiger partial charge < -0.3 is 4.98 Å². The summed E-state index contributed by atoms with van der Waals surface area (Å²) in [5.74, 6) is -1.34. The van der Waals surface area contributed by atoms with Crippen LogP contribution in [0.2, 0.25) is 0 Å². The topological polar surface area (TPSA) is 38.7 Å². The summed E-state index contributed by atoms with van der Waals surface area (Å²) in [5.41, 5.74) is 7.48. The molecule has 3 nitrogen and oxygen atoms in total. The fourth-order valence-electron chi connectivity index (χ4n) is 4.73. The molecule has 0 fully saturated rings. The van der Waals surface area contributed by atoms with E-state index in [-0.39, 0.29) is 20.1 Å². The first-order valence-electron chi connectivity index (χ1n) is 13.8. The maximum atomic E-state index is 12.8. The molecular weight excluding hydrogens is 838 g/mol. The van der Waals surface area contributed by atoms with Gasteiger partial charge in [-0.05, 0) is 46.1 Å². The van der Waals surface area contributed by atoms with Crippen LogP contribution >= 0.6 is 7.81 Å². The summed E-state index contributed by atoms with van der Waals surface area (Å²) < 4.78 is 84.8. The number of fused-ring (bicyclic) bond motifs is 3. The molecule has 0 spiro atoms. The van der Waals surface area contributed by atoms with Crippen molar-refractivity contribution in [3.63, 3.8) is 0 Å². The molecule has 1 radical (unpaired) electrons. The molecule has 0 bridgehead atoms. The third-order valence-corrected chi connectivity index (χ3v) is 6.53. The number of hydrogen-bond donors (Lipinski definition) is 0. The van der Waals surface area contributed by atoms with Gasteiger partial charge in [-0.1, -0.05) is 91.0 Å². The molecule has 0 aliphatic carbocycles. The molecule has 13 heteroatoms. The standard InChI is InChI=1S/C24H16N2.C11H6F2N.F6P.Ir/c1-3-7-17(8-4-1)19-13-15-25-23-21(19)11-12-22-20(14-16-26-24(22)23)18-9-5-2-6-10-18;12-9-5-8(6-10(13)7-9)11-3-1-2-4-14-11;1-7(2,3,4,5)6;/h1-16H;1-5,7H;;/q;2*-1;. The van der Waals surface area contributed by atoms with Gasteiger partial charge in [-0.2, -0.15) is 0 Å². The molecule has 7 rings (SSSR count). The van der Waals surface area contributed by atoms with Crippen molar-refractivity contribution in [1.29, 1.82) is 0 Å². The number of pyridine rings is 3. The van der Waals surface area contributed by atoms with E-state index in [4.69, 9.17) is 0 Å². The van der Waals surface area contributed by atoms with E-state index in [2.05, 4.69) is 93.8 Å². The monoisotopic (exact) mass is 860 g/mol. The number of benzene rings is 4. The number of hydrogen-bond acceptors (Lipinski definition) is 3. The molecule has 7 aromatic rings. The maximum absolute atomic E-state index is 12.8. The largest absolute Gasteiger partial charge is 0.305 e. The molecule has 0 atom stereocenters. The summed E-state index contributed by atoms with van der Waals surface area (Å²) in [6.07, 6.45) is 5.31. The smallest absolute Gasteiger partial charge is 0.0970 e. The quantitative estimate of drug-likeness (QED) is 0.0769. The Bertz CT molecular complexity index is 2030. The summed E-state index contributed by atoms with van der Waals surface area (Å²) in [6, 6.07) is 38.9. The van der Waals surface area contributed by atoms with Crippen LogP contribution in [0, 0.1) is 17.7 Å². The summed E-state index contributed by atoms with van der Waals surface area (Å²) in [5, 5.41) is 2.26. The molecule has 3 heterocycles. The predicted molar refractivity (Wildman–Crippen MR) is 170 cm³/mol. The Morgan fingerprint density at radius 3 is 1.38 bits per heavy atom. The van der Waals surface area contributed by atoms with Gasteiger partial charge in [-0.25, -0.2) is 8.78 Å². The average molecular weight is 860 g/mol. The Morgan fingerprint density at radius 1 is 0.500 bits per heavy atom. The Labute approximate surface area is 282 Å². The van der Waals surface area contributed by atoms with Crippen LogP contribution in [0.3, 0.4) is 0 Å². The van der Waals surface area contributed by atoms with Crippen molar-refractivity contribution in [2.24, 2.45) is 0 Å². The van der Waals surface area contributed by atoms with Gasteiger partial charge in [-0.3, -0.25) is 9.97 Å². The van der Waals surface area contributed by atoms with Gasteiger partial charge in [-0.15, -0.1) is 17.7 Å². The van der Waals surface area contributed by atoms with Gasteiger partial charge in [0.05, 0.1) is 11.0 Å². The van der Waals surface area contributed by atoms with Crippen LogP contribution in [-0.4, -0.2) is 15.0 Å². The second kappa shape index (κ2) is 13.8. The molecule has 48 heavy (non-hydrogen) atoms. The van der Waals surface area contributed by atoms with Crippen molar-refractivity contribution in [3.8, 4) is 33.5 Å². The third kappa shape index (κ3) is 10.4. The van der Waals surface area contributed by atoms with Crippen LogP contribution in [0.25, 0.3) is 55.3 Å². The fourth-order valence-corrected chi connectivity index (χ4v) is 4.73. The number of nitrogens with zero attached hydrogens (tertiary/aromatic N) is 3. The molecule has 0 saturated carbocycles. The van der Waals surface area contributed by atoms with Gasteiger partial charge in [0.1, 0.15) is 0 Å². The van der Waals surface area contributed by atoms with Crippen LogP contribution in [0.15, 0.2) is 134 Å². The molecule has 0 aliphatic heterocycles. The van der Waals surface area contributed by atoms with E-state index in [1.807, 2.05) is 24.5 Å². The predicted octanol–water partition coefficient (Wildman–Crippen LogP) is 12.3. The van der Waals surface area contributed by atoms with Crippen molar-refractivity contribution in [3.05, 3.63) is 152 Å². The van der Waals surface area contributed by atoms with Gasteiger partial charge in [0, 0.05) is 61.1 Å². The van der Waals surface area contributed by atoms with E-state index in [0.717, 1.165) is 27.9 Å². The van der Waals surface area contributed by atoms with E-state index in [0.29, 0.717) is 11.3 Å². The minimum atomic E-state index is -10.7. The summed E-state index contributed by atoms with van der Waals surface area (Å²) in [4.78, 5) is 13.3. The number of aromatic nitrogens is 3. The van der Waals surface area contributed by atoms with E-state index in [1.54, 1.807) is 24.4 Å². The second-order valence-corrected chi connectivity index (χ2v) is 12.0. The number of rotatable bonds is 3. The third-order valence-electron chi connectivity index (χ3n) is 6.53. The minimum absolute atomic E-state index is 0.